The molecule has 1 aliphatic rings. The molecule has 39 heavy (non-hydrogen) atoms. The molecule has 0 saturated carbocycles. The van der Waals surface area contributed by atoms with Gasteiger partial charge in [0.2, 0.25) is 0 Å². The number of carbonyl (C=O) groups is 1. The average molecular weight is 518 g/mol. The van der Waals surface area contributed by atoms with Crippen molar-refractivity contribution in [3.8, 4) is 11.1 Å². The van der Waals surface area contributed by atoms with Crippen LogP contribution in [0.5, 0.6) is 0 Å². The van der Waals surface area contributed by atoms with Crippen molar-refractivity contribution < 1.29 is 4.79 Å². The van der Waals surface area contributed by atoms with Crippen molar-refractivity contribution in [1.29, 1.82) is 0 Å². The molecule has 3 aromatic carbocycles. The molecule has 2 aromatic heterocycles. The lowest BCUT2D eigenvalue weighted by molar-refractivity contribution is 0.102. The molecule has 196 valence electrons. The molecule has 1 saturated heterocycles. The standard InChI is InChI=1S/C31H31N7O/c39-31(35-27-10-6-24(7-11-27)22-37-18-15-32-16-19-37)29-14-17-38-30(36-29)28(21-34-38)25-8-12-26(13-9-25)33-20-23-4-2-1-3-5-23/h1-14,17,21,32-33H,15-16,18-20,22H2,(H,35,39). The van der Waals surface area contributed by atoms with Crippen LogP contribution in [0.2, 0.25) is 0 Å². The second-order valence-corrected chi connectivity index (χ2v) is 9.73. The van der Waals surface area contributed by atoms with E-state index in [0.717, 1.165) is 61.8 Å². The third-order valence-corrected chi connectivity index (χ3v) is 6.96. The molecule has 8 heteroatoms. The maximum absolute atomic E-state index is 13.0. The Bertz CT molecular complexity index is 1540. The van der Waals surface area contributed by atoms with Gasteiger partial charge in [-0.2, -0.15) is 5.10 Å². The molecule has 1 fully saturated rings. The van der Waals surface area contributed by atoms with Gasteiger partial charge in [0.05, 0.1) is 6.20 Å². The maximum Gasteiger partial charge on any atom is 0.274 e. The molecule has 6 rings (SSSR count). The predicted molar refractivity (Wildman–Crippen MR) is 155 cm³/mol. The Hall–Kier alpha value is -4.53. The fourth-order valence-electron chi connectivity index (χ4n) is 4.78. The zero-order chi connectivity index (χ0) is 26.4. The number of fused-ring (bicyclic) bond motifs is 1. The van der Waals surface area contributed by atoms with E-state index >= 15 is 0 Å². The van der Waals surface area contributed by atoms with Crippen molar-refractivity contribution in [2.45, 2.75) is 13.1 Å². The van der Waals surface area contributed by atoms with E-state index in [-0.39, 0.29) is 5.91 Å². The Kier molecular flexibility index (Phi) is 7.29. The van der Waals surface area contributed by atoms with Crippen LogP contribution in [0.15, 0.2) is 97.3 Å². The summed E-state index contributed by atoms with van der Waals surface area (Å²) in [5, 5.41) is 14.2. The summed E-state index contributed by atoms with van der Waals surface area (Å²) in [7, 11) is 0. The van der Waals surface area contributed by atoms with Crippen LogP contribution in [0.4, 0.5) is 11.4 Å². The van der Waals surface area contributed by atoms with E-state index in [1.165, 1.54) is 11.1 Å². The lowest BCUT2D eigenvalue weighted by Gasteiger charge is -2.27. The van der Waals surface area contributed by atoms with Crippen molar-refractivity contribution in [2.75, 3.05) is 36.8 Å². The van der Waals surface area contributed by atoms with Crippen molar-refractivity contribution in [3.63, 3.8) is 0 Å². The number of anilines is 2. The van der Waals surface area contributed by atoms with Gasteiger partial charge in [-0.1, -0.05) is 54.6 Å². The summed E-state index contributed by atoms with van der Waals surface area (Å²) in [5.74, 6) is -0.250. The molecule has 1 amide bonds. The molecule has 5 aromatic rings. The predicted octanol–water partition coefficient (Wildman–Crippen LogP) is 4.67. The minimum atomic E-state index is -0.250. The van der Waals surface area contributed by atoms with Gasteiger partial charge in [-0.15, -0.1) is 0 Å². The first-order chi connectivity index (χ1) is 19.2. The number of carbonyl (C=O) groups excluding carboxylic acids is 1. The third-order valence-electron chi connectivity index (χ3n) is 6.96. The van der Waals surface area contributed by atoms with Gasteiger partial charge < -0.3 is 16.0 Å². The molecule has 8 nitrogen and oxygen atoms in total. The Morgan fingerprint density at radius 2 is 1.59 bits per heavy atom. The number of nitrogens with zero attached hydrogens (tertiary/aromatic N) is 4. The zero-order valence-electron chi connectivity index (χ0n) is 21.7. The van der Waals surface area contributed by atoms with E-state index in [2.05, 4.69) is 55.2 Å². The minimum absolute atomic E-state index is 0.250. The molecule has 0 unspecified atom stereocenters. The largest absolute Gasteiger partial charge is 0.381 e. The van der Waals surface area contributed by atoms with Crippen LogP contribution in [0.25, 0.3) is 16.8 Å². The molecular weight excluding hydrogens is 486 g/mol. The summed E-state index contributed by atoms with van der Waals surface area (Å²) in [6, 6.07) is 28.2. The van der Waals surface area contributed by atoms with Gasteiger partial charge in [-0.05, 0) is 47.0 Å². The SMILES string of the molecule is O=C(Nc1ccc(CN2CCNCC2)cc1)c1ccn2ncc(-c3ccc(NCc4ccccc4)cc3)c2n1. The molecule has 0 aliphatic carbocycles. The summed E-state index contributed by atoms with van der Waals surface area (Å²) in [6.07, 6.45) is 3.56. The van der Waals surface area contributed by atoms with Crippen molar-refractivity contribution in [2.24, 2.45) is 0 Å². The number of amides is 1. The van der Waals surface area contributed by atoms with Crippen LogP contribution in [-0.4, -0.2) is 51.6 Å². The molecule has 1 aliphatic heterocycles. The Morgan fingerprint density at radius 1 is 0.846 bits per heavy atom. The first-order valence-electron chi connectivity index (χ1n) is 13.3. The quantitative estimate of drug-likeness (QED) is 0.277. The summed E-state index contributed by atoms with van der Waals surface area (Å²) in [6.45, 7) is 5.85. The first kappa shape index (κ1) is 24.8. The number of nitrogens with one attached hydrogen (secondary N) is 3. The van der Waals surface area contributed by atoms with Gasteiger partial charge in [0.1, 0.15) is 5.69 Å². The highest BCUT2D eigenvalue weighted by atomic mass is 16.1. The normalized spacial score (nSPS) is 13.8. The van der Waals surface area contributed by atoms with E-state index in [4.69, 9.17) is 0 Å². The lowest BCUT2D eigenvalue weighted by atomic mass is 10.1. The van der Waals surface area contributed by atoms with E-state index in [1.54, 1.807) is 23.0 Å². The summed E-state index contributed by atoms with van der Waals surface area (Å²) >= 11 is 0. The zero-order valence-corrected chi connectivity index (χ0v) is 21.7. The van der Waals surface area contributed by atoms with Gasteiger partial charge in [0.15, 0.2) is 5.65 Å². The fourth-order valence-corrected chi connectivity index (χ4v) is 4.78. The lowest BCUT2D eigenvalue weighted by Crippen LogP contribution is -2.42. The first-order valence-corrected chi connectivity index (χ1v) is 13.3. The van der Waals surface area contributed by atoms with Gasteiger partial charge in [0.25, 0.3) is 5.91 Å². The number of aromatic nitrogens is 3. The fraction of sp³-hybridized carbons (Fsp3) is 0.194. The molecule has 0 radical (unpaired) electrons. The van der Waals surface area contributed by atoms with Crippen LogP contribution in [0.3, 0.4) is 0 Å². The molecule has 0 bridgehead atoms. The van der Waals surface area contributed by atoms with Crippen LogP contribution < -0.4 is 16.0 Å². The van der Waals surface area contributed by atoms with Crippen molar-refractivity contribution >= 4 is 22.9 Å². The van der Waals surface area contributed by atoms with E-state index in [9.17, 15) is 4.79 Å². The number of hydrogen-bond acceptors (Lipinski definition) is 6. The molecular formula is C31H31N7O. The second-order valence-electron chi connectivity index (χ2n) is 9.73. The highest BCUT2D eigenvalue weighted by Crippen LogP contribution is 2.25. The molecule has 3 heterocycles. The van der Waals surface area contributed by atoms with Crippen molar-refractivity contribution in [3.05, 3.63) is 114 Å². The van der Waals surface area contributed by atoms with Gasteiger partial charge in [0, 0.05) is 62.4 Å². The number of rotatable bonds is 8. The van der Waals surface area contributed by atoms with Crippen LogP contribution >= 0.6 is 0 Å². The van der Waals surface area contributed by atoms with E-state index < -0.39 is 0 Å². The smallest absolute Gasteiger partial charge is 0.274 e. The highest BCUT2D eigenvalue weighted by Gasteiger charge is 2.14. The molecule has 0 atom stereocenters. The Balaban J connectivity index is 1.12. The van der Waals surface area contributed by atoms with Crippen LogP contribution in [-0.2, 0) is 13.1 Å². The van der Waals surface area contributed by atoms with E-state index in [1.807, 2.05) is 54.6 Å². The number of hydrogen-bond donors (Lipinski definition) is 3. The van der Waals surface area contributed by atoms with Crippen LogP contribution in [0, 0.1) is 0 Å². The monoisotopic (exact) mass is 517 g/mol. The van der Waals surface area contributed by atoms with Crippen LogP contribution in [0.1, 0.15) is 21.6 Å². The molecule has 0 spiro atoms. The third kappa shape index (κ3) is 5.98. The van der Waals surface area contributed by atoms with E-state index in [0.29, 0.717) is 11.3 Å². The summed E-state index contributed by atoms with van der Waals surface area (Å²) < 4.78 is 1.69. The topological polar surface area (TPSA) is 86.6 Å². The second kappa shape index (κ2) is 11.5. The van der Waals surface area contributed by atoms with Gasteiger partial charge in [-0.25, -0.2) is 9.50 Å². The highest BCUT2D eigenvalue weighted by molar-refractivity contribution is 6.03. The number of piperazine rings is 1. The molecule has 3 N–H and O–H groups in total. The van der Waals surface area contributed by atoms with Crippen molar-refractivity contribution in [1.82, 2.24) is 24.8 Å². The Labute approximate surface area is 227 Å². The summed E-state index contributed by atoms with van der Waals surface area (Å²) in [5.41, 5.74) is 7.08. The number of benzene rings is 3. The summed E-state index contributed by atoms with van der Waals surface area (Å²) in [4.78, 5) is 20.1. The Morgan fingerprint density at radius 3 is 2.36 bits per heavy atom. The minimum Gasteiger partial charge on any atom is -0.381 e. The average Bonchev–Trinajstić information content (AvgIpc) is 3.42. The van der Waals surface area contributed by atoms with Gasteiger partial charge in [-0.3, -0.25) is 9.69 Å². The van der Waals surface area contributed by atoms with Gasteiger partial charge >= 0.3 is 0 Å². The maximum atomic E-state index is 13.0.